The molecule has 0 unspecified atom stereocenters. The van der Waals surface area contributed by atoms with Gasteiger partial charge in [0, 0.05) is 10.6 Å². The zero-order valence-electron chi connectivity index (χ0n) is 11.5. The van der Waals surface area contributed by atoms with Crippen LogP contribution in [0.2, 0.25) is 5.02 Å². The second kappa shape index (κ2) is 5.84. The number of hydrogen-bond acceptors (Lipinski definition) is 6. The Labute approximate surface area is 143 Å². The molecule has 0 radical (unpaired) electrons. The molecule has 2 aromatic heterocycles. The number of thiazole rings is 1. The summed E-state index contributed by atoms with van der Waals surface area (Å²) in [6, 6.07) is 12.3. The van der Waals surface area contributed by atoms with Crippen molar-refractivity contribution in [3.63, 3.8) is 0 Å². The van der Waals surface area contributed by atoms with E-state index in [1.165, 1.54) is 28.7 Å². The highest BCUT2D eigenvalue weighted by atomic mass is 35.5. The van der Waals surface area contributed by atoms with Crippen LogP contribution in [0.1, 0.15) is 0 Å². The van der Waals surface area contributed by atoms with Crippen molar-refractivity contribution in [1.29, 1.82) is 0 Å². The molecule has 2 aromatic carbocycles. The summed E-state index contributed by atoms with van der Waals surface area (Å²) in [5.41, 5.74) is 1.26. The van der Waals surface area contributed by atoms with Gasteiger partial charge in [0.2, 0.25) is 5.13 Å². The quantitative estimate of drug-likeness (QED) is 0.533. The summed E-state index contributed by atoms with van der Waals surface area (Å²) in [5, 5.41) is 13.9. The normalized spacial score (nSPS) is 11.0. The molecule has 0 fully saturated rings. The first-order valence-electron chi connectivity index (χ1n) is 6.60. The molecule has 0 aliphatic rings. The lowest BCUT2D eigenvalue weighted by molar-refractivity contribution is 0.637. The summed E-state index contributed by atoms with van der Waals surface area (Å²) >= 11 is 8.74. The van der Waals surface area contributed by atoms with Crippen LogP contribution >= 0.6 is 34.3 Å². The van der Waals surface area contributed by atoms with Crippen molar-refractivity contribution >= 4 is 54.8 Å². The van der Waals surface area contributed by atoms with Crippen LogP contribution in [0.4, 0.5) is 14.7 Å². The third-order valence-electron chi connectivity index (χ3n) is 3.08. The highest BCUT2D eigenvalue weighted by Crippen LogP contribution is 2.33. The average Bonchev–Trinajstić information content (AvgIpc) is 3.15. The fraction of sp³-hybridized carbons (Fsp3) is 0. The Morgan fingerprint density at radius 1 is 1.00 bits per heavy atom. The van der Waals surface area contributed by atoms with E-state index in [4.69, 9.17) is 11.6 Å². The lowest BCUT2D eigenvalue weighted by Gasteiger charge is -1.95. The summed E-state index contributed by atoms with van der Waals surface area (Å²) in [5.74, 6) is -0.330. The predicted octanol–water partition coefficient (Wildman–Crippen LogP) is 5.35. The van der Waals surface area contributed by atoms with Gasteiger partial charge in [-0.25, -0.2) is 9.37 Å². The van der Waals surface area contributed by atoms with E-state index in [9.17, 15) is 4.39 Å². The van der Waals surface area contributed by atoms with Crippen LogP contribution in [0.5, 0.6) is 0 Å². The van der Waals surface area contributed by atoms with Gasteiger partial charge in [-0.15, -0.1) is 10.2 Å². The molecule has 0 atom stereocenters. The molecule has 4 nitrogen and oxygen atoms in total. The van der Waals surface area contributed by atoms with Crippen molar-refractivity contribution in [3.05, 3.63) is 53.3 Å². The molecule has 0 bridgehead atoms. The molecule has 114 valence electrons. The van der Waals surface area contributed by atoms with Crippen molar-refractivity contribution < 1.29 is 4.39 Å². The number of para-hydroxylation sites is 1. The number of fused-ring (bicyclic) bond motifs is 1. The molecular formula is C15H8ClFN4S2. The molecule has 23 heavy (non-hydrogen) atoms. The lowest BCUT2D eigenvalue weighted by Crippen LogP contribution is -1.88. The van der Waals surface area contributed by atoms with E-state index in [1.807, 2.05) is 24.3 Å². The third-order valence-corrected chi connectivity index (χ3v) is 5.14. The highest BCUT2D eigenvalue weighted by molar-refractivity contribution is 7.23. The largest absolute Gasteiger partial charge is 0.306 e. The molecule has 0 saturated carbocycles. The Balaban J connectivity index is 1.63. The van der Waals surface area contributed by atoms with Gasteiger partial charge in [0.05, 0.1) is 4.70 Å². The Morgan fingerprint density at radius 3 is 2.70 bits per heavy atom. The Hall–Kier alpha value is -2.09. The summed E-state index contributed by atoms with van der Waals surface area (Å²) in [7, 11) is 0. The van der Waals surface area contributed by atoms with Gasteiger partial charge in [0.15, 0.2) is 5.13 Å². The minimum absolute atomic E-state index is 0.330. The van der Waals surface area contributed by atoms with Gasteiger partial charge in [0.1, 0.15) is 16.3 Å². The number of rotatable bonds is 3. The molecule has 1 N–H and O–H groups in total. The number of halogens is 2. The number of benzene rings is 2. The molecule has 4 rings (SSSR count). The molecular weight excluding hydrogens is 355 g/mol. The van der Waals surface area contributed by atoms with Gasteiger partial charge < -0.3 is 5.32 Å². The molecule has 4 aromatic rings. The fourth-order valence-electron chi connectivity index (χ4n) is 2.07. The smallest absolute Gasteiger partial charge is 0.212 e. The molecule has 0 aliphatic heterocycles. The van der Waals surface area contributed by atoms with Crippen LogP contribution in [0, 0.1) is 5.82 Å². The second-order valence-corrected chi connectivity index (χ2v) is 7.10. The van der Waals surface area contributed by atoms with Crippen LogP contribution in [0.25, 0.3) is 20.8 Å². The van der Waals surface area contributed by atoms with Crippen molar-refractivity contribution in [2.45, 2.75) is 0 Å². The van der Waals surface area contributed by atoms with Crippen LogP contribution in [0.15, 0.2) is 42.5 Å². The minimum atomic E-state index is -0.330. The monoisotopic (exact) mass is 362 g/mol. The zero-order valence-corrected chi connectivity index (χ0v) is 13.8. The van der Waals surface area contributed by atoms with E-state index in [0.29, 0.717) is 20.8 Å². The zero-order chi connectivity index (χ0) is 15.8. The SMILES string of the molecule is Fc1cccc2sc(Nc3nnc(-c4cccc(Cl)c4)s3)nc12. The molecule has 0 aliphatic carbocycles. The average molecular weight is 363 g/mol. The van der Waals surface area contributed by atoms with E-state index < -0.39 is 0 Å². The van der Waals surface area contributed by atoms with Gasteiger partial charge in [-0.3, -0.25) is 0 Å². The minimum Gasteiger partial charge on any atom is -0.306 e. The van der Waals surface area contributed by atoms with Gasteiger partial charge >= 0.3 is 0 Å². The van der Waals surface area contributed by atoms with Crippen LogP contribution in [-0.2, 0) is 0 Å². The molecule has 0 amide bonds. The van der Waals surface area contributed by atoms with Crippen molar-refractivity contribution in [3.8, 4) is 10.6 Å². The number of nitrogens with zero attached hydrogens (tertiary/aromatic N) is 3. The van der Waals surface area contributed by atoms with E-state index in [0.717, 1.165) is 15.3 Å². The summed E-state index contributed by atoms with van der Waals surface area (Å²) in [6.45, 7) is 0. The summed E-state index contributed by atoms with van der Waals surface area (Å²) in [6.07, 6.45) is 0. The van der Waals surface area contributed by atoms with E-state index in [-0.39, 0.29) is 5.82 Å². The second-order valence-electron chi connectivity index (χ2n) is 4.65. The van der Waals surface area contributed by atoms with Crippen LogP contribution in [0.3, 0.4) is 0 Å². The van der Waals surface area contributed by atoms with E-state index >= 15 is 0 Å². The maximum atomic E-state index is 13.7. The molecule has 0 saturated heterocycles. The van der Waals surface area contributed by atoms with E-state index in [1.54, 1.807) is 12.1 Å². The maximum absolute atomic E-state index is 13.7. The number of anilines is 2. The fourth-order valence-corrected chi connectivity index (χ4v) is 3.95. The van der Waals surface area contributed by atoms with Crippen LogP contribution in [-0.4, -0.2) is 15.2 Å². The van der Waals surface area contributed by atoms with Crippen molar-refractivity contribution in [2.24, 2.45) is 0 Å². The first-order valence-corrected chi connectivity index (χ1v) is 8.62. The first-order chi connectivity index (χ1) is 11.2. The van der Waals surface area contributed by atoms with Gasteiger partial charge in [0.25, 0.3) is 0 Å². The Kier molecular flexibility index (Phi) is 3.68. The van der Waals surface area contributed by atoms with Crippen molar-refractivity contribution in [2.75, 3.05) is 5.32 Å². The predicted molar refractivity (Wildman–Crippen MR) is 93.2 cm³/mol. The van der Waals surface area contributed by atoms with Gasteiger partial charge in [-0.05, 0) is 24.3 Å². The molecule has 2 heterocycles. The first kappa shape index (κ1) is 14.5. The molecule has 8 heteroatoms. The standard InChI is InChI=1S/C15H8ClFN4S2/c16-9-4-1-3-8(7-9)13-20-21-15(23-13)19-14-18-12-10(17)5-2-6-11(12)22-14/h1-7H,(H,18,19,21). The maximum Gasteiger partial charge on any atom is 0.212 e. The lowest BCUT2D eigenvalue weighted by atomic mass is 10.2. The summed E-state index contributed by atoms with van der Waals surface area (Å²) in [4.78, 5) is 4.25. The van der Waals surface area contributed by atoms with Gasteiger partial charge in [-0.2, -0.15) is 0 Å². The highest BCUT2D eigenvalue weighted by Gasteiger charge is 2.11. The topological polar surface area (TPSA) is 50.7 Å². The third kappa shape index (κ3) is 2.90. The van der Waals surface area contributed by atoms with Gasteiger partial charge in [-0.1, -0.05) is 52.5 Å². The van der Waals surface area contributed by atoms with Crippen LogP contribution < -0.4 is 5.32 Å². The van der Waals surface area contributed by atoms with Crippen molar-refractivity contribution in [1.82, 2.24) is 15.2 Å². The summed E-state index contributed by atoms with van der Waals surface area (Å²) < 4.78 is 14.5. The number of nitrogens with one attached hydrogen (secondary N) is 1. The number of aromatic nitrogens is 3. The van der Waals surface area contributed by atoms with E-state index in [2.05, 4.69) is 20.5 Å². The number of hydrogen-bond donors (Lipinski definition) is 1. The Morgan fingerprint density at radius 2 is 1.87 bits per heavy atom. The molecule has 0 spiro atoms. The Bertz CT molecular complexity index is 998.